The molecule has 0 aliphatic carbocycles. The number of methoxy groups -OCH3 is 1. The summed E-state index contributed by atoms with van der Waals surface area (Å²) in [6.07, 6.45) is 0.379. The second kappa shape index (κ2) is 7.52. The van der Waals surface area contributed by atoms with E-state index in [1.54, 1.807) is 25.3 Å². The molecule has 6 heteroatoms. The fourth-order valence-electron chi connectivity index (χ4n) is 1.97. The number of carboxylic acid groups (broad SMARTS) is 1. The van der Waals surface area contributed by atoms with Crippen molar-refractivity contribution >= 4 is 17.7 Å². The number of rotatable bonds is 6. The molecule has 0 bridgehead atoms. The second-order valence-electron chi connectivity index (χ2n) is 5.30. The Morgan fingerprint density at radius 1 is 1.33 bits per heavy atom. The van der Waals surface area contributed by atoms with Crippen molar-refractivity contribution in [1.82, 2.24) is 5.32 Å². The standard InChI is InChI=1S/C15H22N2O4/c1-9(2)7-12(14(18)19)17-15(20)16-11-5-6-13(21-4)10(3)8-11/h5-6,8-9,12H,7H2,1-4H3,(H,18,19)(H2,16,17,20). The average Bonchev–Trinajstić information content (AvgIpc) is 2.37. The molecule has 0 fully saturated rings. The molecular weight excluding hydrogens is 272 g/mol. The van der Waals surface area contributed by atoms with E-state index in [2.05, 4.69) is 10.6 Å². The number of carboxylic acids is 1. The molecule has 3 N–H and O–H groups in total. The molecule has 0 aliphatic heterocycles. The van der Waals surface area contributed by atoms with E-state index >= 15 is 0 Å². The van der Waals surface area contributed by atoms with Gasteiger partial charge in [-0.3, -0.25) is 0 Å². The molecule has 1 atom stereocenters. The summed E-state index contributed by atoms with van der Waals surface area (Å²) in [6, 6.07) is 3.77. The lowest BCUT2D eigenvalue weighted by Gasteiger charge is -2.17. The largest absolute Gasteiger partial charge is 0.496 e. The van der Waals surface area contributed by atoms with Crippen LogP contribution in [0.15, 0.2) is 18.2 Å². The van der Waals surface area contributed by atoms with Gasteiger partial charge in [0.1, 0.15) is 11.8 Å². The van der Waals surface area contributed by atoms with Crippen LogP contribution < -0.4 is 15.4 Å². The zero-order chi connectivity index (χ0) is 16.0. The van der Waals surface area contributed by atoms with Crippen molar-refractivity contribution in [3.05, 3.63) is 23.8 Å². The summed E-state index contributed by atoms with van der Waals surface area (Å²) < 4.78 is 5.14. The summed E-state index contributed by atoms with van der Waals surface area (Å²) in [7, 11) is 1.57. The molecule has 1 aromatic carbocycles. The van der Waals surface area contributed by atoms with Gasteiger partial charge in [0.2, 0.25) is 0 Å². The summed E-state index contributed by atoms with van der Waals surface area (Å²) >= 11 is 0. The molecule has 0 saturated carbocycles. The monoisotopic (exact) mass is 294 g/mol. The van der Waals surface area contributed by atoms with E-state index in [1.807, 2.05) is 20.8 Å². The van der Waals surface area contributed by atoms with Crippen LogP contribution in [0.3, 0.4) is 0 Å². The van der Waals surface area contributed by atoms with Crippen molar-refractivity contribution in [3.63, 3.8) is 0 Å². The van der Waals surface area contributed by atoms with Crippen molar-refractivity contribution in [2.24, 2.45) is 5.92 Å². The number of urea groups is 1. The normalized spacial score (nSPS) is 11.9. The van der Waals surface area contributed by atoms with Gasteiger partial charge in [0, 0.05) is 5.69 Å². The lowest BCUT2D eigenvalue weighted by Crippen LogP contribution is -2.43. The Morgan fingerprint density at radius 3 is 2.48 bits per heavy atom. The van der Waals surface area contributed by atoms with Gasteiger partial charge in [-0.15, -0.1) is 0 Å². The van der Waals surface area contributed by atoms with E-state index in [1.165, 1.54) is 0 Å². The van der Waals surface area contributed by atoms with Crippen molar-refractivity contribution in [2.75, 3.05) is 12.4 Å². The minimum absolute atomic E-state index is 0.176. The first-order valence-corrected chi connectivity index (χ1v) is 6.78. The van der Waals surface area contributed by atoms with Crippen molar-refractivity contribution in [3.8, 4) is 5.75 Å². The molecule has 0 aliphatic rings. The van der Waals surface area contributed by atoms with Crippen LogP contribution in [0.4, 0.5) is 10.5 Å². The highest BCUT2D eigenvalue weighted by atomic mass is 16.5. The topological polar surface area (TPSA) is 87.7 Å². The van der Waals surface area contributed by atoms with Crippen LogP contribution >= 0.6 is 0 Å². The van der Waals surface area contributed by atoms with Crippen molar-refractivity contribution in [1.29, 1.82) is 0 Å². The molecule has 1 aromatic rings. The predicted octanol–water partition coefficient (Wildman–Crippen LogP) is 2.62. The highest BCUT2D eigenvalue weighted by Gasteiger charge is 2.21. The maximum Gasteiger partial charge on any atom is 0.326 e. The first kappa shape index (κ1) is 16.8. The Labute approximate surface area is 124 Å². The third-order valence-corrected chi connectivity index (χ3v) is 2.96. The summed E-state index contributed by atoms with van der Waals surface area (Å²) in [5.41, 5.74) is 1.46. The zero-order valence-corrected chi connectivity index (χ0v) is 12.8. The van der Waals surface area contributed by atoms with Gasteiger partial charge in [-0.25, -0.2) is 9.59 Å². The molecule has 0 aromatic heterocycles. The van der Waals surface area contributed by atoms with Crippen LogP contribution in [0.25, 0.3) is 0 Å². The number of aryl methyl sites for hydroxylation is 1. The molecule has 0 radical (unpaired) electrons. The Hall–Kier alpha value is -2.24. The Balaban J connectivity index is 2.67. The first-order chi connectivity index (χ1) is 9.83. The highest BCUT2D eigenvalue weighted by molar-refractivity contribution is 5.92. The third-order valence-electron chi connectivity index (χ3n) is 2.96. The second-order valence-corrected chi connectivity index (χ2v) is 5.30. The number of anilines is 1. The van der Waals surface area contributed by atoms with Gasteiger partial charge in [-0.1, -0.05) is 13.8 Å². The van der Waals surface area contributed by atoms with Gasteiger partial charge in [-0.2, -0.15) is 0 Å². The smallest absolute Gasteiger partial charge is 0.326 e. The van der Waals surface area contributed by atoms with Crippen LogP contribution in [0.5, 0.6) is 5.75 Å². The van der Waals surface area contributed by atoms with Crippen LogP contribution in [-0.2, 0) is 4.79 Å². The molecule has 116 valence electrons. The van der Waals surface area contributed by atoms with E-state index in [-0.39, 0.29) is 5.92 Å². The van der Waals surface area contributed by atoms with E-state index < -0.39 is 18.0 Å². The van der Waals surface area contributed by atoms with Gasteiger partial charge in [0.25, 0.3) is 0 Å². The number of benzene rings is 1. The SMILES string of the molecule is COc1ccc(NC(=O)NC(CC(C)C)C(=O)O)cc1C. The summed E-state index contributed by atoms with van der Waals surface area (Å²) in [5.74, 6) is -0.136. The van der Waals surface area contributed by atoms with Gasteiger partial charge >= 0.3 is 12.0 Å². The van der Waals surface area contributed by atoms with E-state index in [9.17, 15) is 9.59 Å². The quantitative estimate of drug-likeness (QED) is 0.752. The molecule has 6 nitrogen and oxygen atoms in total. The lowest BCUT2D eigenvalue weighted by molar-refractivity contribution is -0.139. The van der Waals surface area contributed by atoms with E-state index in [0.29, 0.717) is 12.1 Å². The van der Waals surface area contributed by atoms with Crippen molar-refractivity contribution < 1.29 is 19.4 Å². The number of ether oxygens (including phenoxy) is 1. The van der Waals surface area contributed by atoms with Crippen LogP contribution in [0.1, 0.15) is 25.8 Å². The maximum absolute atomic E-state index is 11.9. The van der Waals surface area contributed by atoms with E-state index in [0.717, 1.165) is 11.3 Å². The molecule has 0 saturated heterocycles. The Bertz CT molecular complexity index is 514. The highest BCUT2D eigenvalue weighted by Crippen LogP contribution is 2.21. The molecule has 1 unspecified atom stereocenters. The number of nitrogens with one attached hydrogen (secondary N) is 2. The van der Waals surface area contributed by atoms with Gasteiger partial charge in [-0.05, 0) is 43.0 Å². The number of hydrogen-bond donors (Lipinski definition) is 3. The average molecular weight is 294 g/mol. The Kier molecular flexibility index (Phi) is 6.02. The number of carbonyl (C=O) groups is 2. The number of hydrogen-bond acceptors (Lipinski definition) is 3. The number of amides is 2. The summed E-state index contributed by atoms with van der Waals surface area (Å²) in [6.45, 7) is 5.67. The van der Waals surface area contributed by atoms with Crippen LogP contribution in [0.2, 0.25) is 0 Å². The molecule has 2 amide bonds. The minimum Gasteiger partial charge on any atom is -0.496 e. The van der Waals surface area contributed by atoms with Crippen LogP contribution in [-0.4, -0.2) is 30.3 Å². The molecular formula is C15H22N2O4. The third kappa shape index (κ3) is 5.33. The lowest BCUT2D eigenvalue weighted by atomic mass is 10.0. The molecule has 0 spiro atoms. The molecule has 21 heavy (non-hydrogen) atoms. The van der Waals surface area contributed by atoms with Crippen LogP contribution in [0, 0.1) is 12.8 Å². The van der Waals surface area contributed by atoms with Gasteiger partial charge < -0.3 is 20.5 Å². The summed E-state index contributed by atoms with van der Waals surface area (Å²) in [4.78, 5) is 23.0. The first-order valence-electron chi connectivity index (χ1n) is 6.78. The van der Waals surface area contributed by atoms with Gasteiger partial charge in [0.05, 0.1) is 7.11 Å². The Morgan fingerprint density at radius 2 is 2.00 bits per heavy atom. The fraction of sp³-hybridized carbons (Fsp3) is 0.467. The maximum atomic E-state index is 11.9. The zero-order valence-electron chi connectivity index (χ0n) is 12.8. The van der Waals surface area contributed by atoms with Crippen molar-refractivity contribution in [2.45, 2.75) is 33.2 Å². The summed E-state index contributed by atoms with van der Waals surface area (Å²) in [5, 5.41) is 14.2. The predicted molar refractivity (Wildman–Crippen MR) is 80.8 cm³/mol. The number of carbonyl (C=O) groups excluding carboxylic acids is 1. The van der Waals surface area contributed by atoms with E-state index in [4.69, 9.17) is 9.84 Å². The molecule has 1 rings (SSSR count). The van der Waals surface area contributed by atoms with Gasteiger partial charge in [0.15, 0.2) is 0 Å². The molecule has 0 heterocycles. The number of aliphatic carboxylic acids is 1. The fourth-order valence-corrected chi connectivity index (χ4v) is 1.97. The minimum atomic E-state index is -1.04.